The number of carbonyl (C=O) groups excluding carboxylic acids is 1. The number of hydrogen-bond acceptors (Lipinski definition) is 8. The van der Waals surface area contributed by atoms with Crippen LogP contribution in [0.25, 0.3) is 10.9 Å². The molecule has 194 valence electrons. The number of ether oxygens (including phenoxy) is 1. The quantitative estimate of drug-likeness (QED) is 0.529. The summed E-state index contributed by atoms with van der Waals surface area (Å²) in [6, 6.07) is 9.85. The number of pyridine rings is 1. The van der Waals surface area contributed by atoms with Gasteiger partial charge in [0.25, 0.3) is 5.91 Å². The molecule has 3 aliphatic heterocycles. The number of rotatable bonds is 7. The van der Waals surface area contributed by atoms with Crippen molar-refractivity contribution < 1.29 is 9.53 Å². The van der Waals surface area contributed by atoms with Gasteiger partial charge in [-0.3, -0.25) is 9.69 Å². The first-order valence-electron chi connectivity index (χ1n) is 13.6. The van der Waals surface area contributed by atoms with Gasteiger partial charge < -0.3 is 19.9 Å². The lowest BCUT2D eigenvalue weighted by atomic mass is 10.1. The maximum absolute atomic E-state index is 13.4. The lowest BCUT2D eigenvalue weighted by Gasteiger charge is -2.34. The fourth-order valence-corrected chi connectivity index (χ4v) is 5.68. The maximum Gasteiger partial charge on any atom is 0.252 e. The molecule has 0 bridgehead atoms. The molecule has 1 N–H and O–H groups in total. The van der Waals surface area contributed by atoms with Crippen LogP contribution in [0.5, 0.6) is 0 Å². The van der Waals surface area contributed by atoms with Crippen molar-refractivity contribution >= 4 is 28.6 Å². The van der Waals surface area contributed by atoms with Gasteiger partial charge in [0.2, 0.25) is 5.95 Å². The fourth-order valence-electron chi connectivity index (χ4n) is 5.68. The predicted octanol–water partition coefficient (Wildman–Crippen LogP) is 3.03. The molecule has 1 aromatic carbocycles. The highest BCUT2D eigenvalue weighted by Gasteiger charge is 2.25. The van der Waals surface area contributed by atoms with E-state index < -0.39 is 0 Å². The lowest BCUT2D eigenvalue weighted by molar-refractivity contribution is 0.0161. The van der Waals surface area contributed by atoms with Crippen LogP contribution in [0.2, 0.25) is 0 Å². The molecule has 37 heavy (non-hydrogen) atoms. The Hall–Kier alpha value is -3.30. The molecule has 0 aliphatic carbocycles. The summed E-state index contributed by atoms with van der Waals surface area (Å²) in [7, 11) is 0. The molecular weight excluding hydrogens is 466 g/mol. The number of aromatic nitrogens is 3. The summed E-state index contributed by atoms with van der Waals surface area (Å²) in [5, 5.41) is 4.08. The Morgan fingerprint density at radius 3 is 2.32 bits per heavy atom. The van der Waals surface area contributed by atoms with Gasteiger partial charge in [-0.2, -0.15) is 0 Å². The first-order chi connectivity index (χ1) is 18.3. The topological polar surface area (TPSA) is 86.7 Å². The number of benzene rings is 1. The molecule has 9 heteroatoms. The third kappa shape index (κ3) is 5.24. The average Bonchev–Trinajstić information content (AvgIpc) is 3.69. The van der Waals surface area contributed by atoms with Crippen LogP contribution >= 0.6 is 0 Å². The van der Waals surface area contributed by atoms with Gasteiger partial charge in [0, 0.05) is 74.7 Å². The minimum absolute atomic E-state index is 0.0182. The molecule has 0 saturated carbocycles. The van der Waals surface area contributed by atoms with Gasteiger partial charge in [0.15, 0.2) is 0 Å². The van der Waals surface area contributed by atoms with Gasteiger partial charge in [-0.15, -0.1) is 0 Å². The van der Waals surface area contributed by atoms with E-state index in [9.17, 15) is 4.79 Å². The van der Waals surface area contributed by atoms with Crippen LogP contribution in [-0.2, 0) is 4.74 Å². The third-order valence-corrected chi connectivity index (χ3v) is 7.77. The number of fused-ring (bicyclic) bond motifs is 1. The Balaban J connectivity index is 1.20. The largest absolute Gasteiger partial charge is 0.379 e. The van der Waals surface area contributed by atoms with Crippen LogP contribution in [0.3, 0.4) is 0 Å². The Labute approximate surface area is 217 Å². The van der Waals surface area contributed by atoms with E-state index in [1.807, 2.05) is 42.7 Å². The summed E-state index contributed by atoms with van der Waals surface area (Å²) < 4.78 is 5.58. The van der Waals surface area contributed by atoms with E-state index >= 15 is 0 Å². The minimum atomic E-state index is -0.0887. The van der Waals surface area contributed by atoms with Crippen molar-refractivity contribution in [2.24, 2.45) is 0 Å². The Bertz CT molecular complexity index is 1220. The number of carbonyl (C=O) groups is 1. The van der Waals surface area contributed by atoms with Crippen molar-refractivity contribution in [1.82, 2.24) is 25.2 Å². The molecule has 0 spiro atoms. The third-order valence-electron chi connectivity index (χ3n) is 7.77. The zero-order chi connectivity index (χ0) is 25.0. The second-order valence-electron chi connectivity index (χ2n) is 10.1. The van der Waals surface area contributed by atoms with Crippen LogP contribution in [0, 0.1) is 0 Å². The number of hydrogen-bond donors (Lipinski definition) is 1. The average molecular weight is 502 g/mol. The standard InChI is InChI=1S/C28H35N7O2/c36-27(23-6-5-7-24-22(23)8-9-26(32-24)34-10-1-2-11-34)29-20-25(33-14-16-37-17-15-33)21-18-30-28(31-19-21)35-12-3-4-13-35/h5-9,18-19,25H,1-4,10-17,20H2,(H,29,36). The number of amides is 1. The maximum atomic E-state index is 13.4. The van der Waals surface area contributed by atoms with Gasteiger partial charge in [-0.1, -0.05) is 6.07 Å². The van der Waals surface area contributed by atoms with Crippen molar-refractivity contribution in [1.29, 1.82) is 0 Å². The minimum Gasteiger partial charge on any atom is -0.379 e. The summed E-state index contributed by atoms with van der Waals surface area (Å²) in [4.78, 5) is 34.5. The summed E-state index contributed by atoms with van der Waals surface area (Å²) in [6.45, 7) is 7.59. The van der Waals surface area contributed by atoms with Crippen LogP contribution in [-0.4, -0.2) is 84.8 Å². The van der Waals surface area contributed by atoms with Crippen LogP contribution in [0.1, 0.15) is 47.6 Å². The molecular formula is C28H35N7O2. The van der Waals surface area contributed by atoms with Crippen molar-refractivity contribution in [2.75, 3.05) is 68.8 Å². The molecule has 9 nitrogen and oxygen atoms in total. The second kappa shape index (κ2) is 11.0. The Morgan fingerprint density at radius 1 is 0.892 bits per heavy atom. The van der Waals surface area contributed by atoms with E-state index in [0.29, 0.717) is 25.3 Å². The zero-order valence-electron chi connectivity index (χ0n) is 21.3. The first-order valence-corrected chi connectivity index (χ1v) is 13.6. The van der Waals surface area contributed by atoms with Crippen LogP contribution in [0.15, 0.2) is 42.7 Å². The normalized spacial score (nSPS) is 19.5. The monoisotopic (exact) mass is 501 g/mol. The summed E-state index contributed by atoms with van der Waals surface area (Å²) in [6.07, 6.45) is 8.65. The number of nitrogens with one attached hydrogen (secondary N) is 1. The van der Waals surface area contributed by atoms with E-state index in [1.165, 1.54) is 25.7 Å². The molecule has 0 radical (unpaired) electrons. The van der Waals surface area contributed by atoms with E-state index in [-0.39, 0.29) is 11.9 Å². The van der Waals surface area contributed by atoms with Crippen molar-refractivity contribution in [2.45, 2.75) is 31.7 Å². The van der Waals surface area contributed by atoms with Gasteiger partial charge in [-0.25, -0.2) is 15.0 Å². The molecule has 2 aromatic heterocycles. The smallest absolute Gasteiger partial charge is 0.252 e. The highest BCUT2D eigenvalue weighted by atomic mass is 16.5. The number of morpholine rings is 1. The van der Waals surface area contributed by atoms with Gasteiger partial charge in [0.05, 0.1) is 24.8 Å². The summed E-state index contributed by atoms with van der Waals surface area (Å²) >= 11 is 0. The Morgan fingerprint density at radius 2 is 1.59 bits per heavy atom. The van der Waals surface area contributed by atoms with E-state index in [1.54, 1.807) is 0 Å². The molecule has 3 aromatic rings. The molecule has 3 aliphatic rings. The van der Waals surface area contributed by atoms with Crippen molar-refractivity contribution in [3.63, 3.8) is 0 Å². The highest BCUT2D eigenvalue weighted by Crippen LogP contribution is 2.25. The molecule has 6 rings (SSSR count). The number of nitrogens with zero attached hydrogens (tertiary/aromatic N) is 6. The molecule has 5 heterocycles. The summed E-state index contributed by atoms with van der Waals surface area (Å²) in [5.41, 5.74) is 2.52. The second-order valence-corrected chi connectivity index (χ2v) is 10.1. The van der Waals surface area contributed by atoms with E-state index in [4.69, 9.17) is 9.72 Å². The molecule has 1 unspecified atom stereocenters. The molecule has 3 fully saturated rings. The number of anilines is 2. The van der Waals surface area contributed by atoms with Crippen LogP contribution < -0.4 is 15.1 Å². The first kappa shape index (κ1) is 24.1. The molecule has 1 amide bonds. The van der Waals surface area contributed by atoms with Gasteiger partial charge in [0.1, 0.15) is 5.82 Å². The van der Waals surface area contributed by atoms with Crippen molar-refractivity contribution in [3.05, 3.63) is 53.9 Å². The van der Waals surface area contributed by atoms with E-state index in [0.717, 1.165) is 67.5 Å². The van der Waals surface area contributed by atoms with E-state index in [2.05, 4.69) is 30.0 Å². The van der Waals surface area contributed by atoms with Gasteiger partial charge in [-0.05, 0) is 49.9 Å². The molecule has 1 atom stereocenters. The van der Waals surface area contributed by atoms with Gasteiger partial charge >= 0.3 is 0 Å². The SMILES string of the molecule is O=C(NCC(c1cnc(N2CCCC2)nc1)N1CCOCC1)c1cccc2nc(N3CCCC3)ccc12. The summed E-state index contributed by atoms with van der Waals surface area (Å²) in [5.74, 6) is 1.70. The zero-order valence-corrected chi connectivity index (χ0v) is 21.3. The van der Waals surface area contributed by atoms with Crippen LogP contribution in [0.4, 0.5) is 11.8 Å². The fraction of sp³-hybridized carbons (Fsp3) is 0.500. The lowest BCUT2D eigenvalue weighted by Crippen LogP contribution is -2.44. The van der Waals surface area contributed by atoms with Crippen molar-refractivity contribution in [3.8, 4) is 0 Å². The molecule has 3 saturated heterocycles. The Kier molecular flexibility index (Phi) is 7.14. The highest BCUT2D eigenvalue weighted by molar-refractivity contribution is 6.06. The predicted molar refractivity (Wildman–Crippen MR) is 144 cm³/mol.